The molecule has 0 radical (unpaired) electrons. The number of pyridine rings is 1. The van der Waals surface area contributed by atoms with Crippen LogP contribution in [0, 0.1) is 5.82 Å². The number of thiocarbonyl (C=S) groups is 1. The average molecular weight is 451 g/mol. The number of ether oxygens (including phenoxy) is 1. The first-order valence-electron chi connectivity index (χ1n) is 10.4. The van der Waals surface area contributed by atoms with Crippen LogP contribution in [0.5, 0.6) is 5.75 Å². The molecule has 4 nitrogen and oxygen atoms in total. The fraction of sp³-hybridized carbons (Fsp3) is 0.231. The summed E-state index contributed by atoms with van der Waals surface area (Å²) in [7, 11) is 0. The van der Waals surface area contributed by atoms with Gasteiger partial charge in [-0.25, -0.2) is 4.39 Å². The maximum atomic E-state index is 13.4. The molecule has 0 unspecified atom stereocenters. The minimum Gasteiger partial charge on any atom is -0.867 e. The summed E-state index contributed by atoms with van der Waals surface area (Å²) < 4.78 is 20.6. The molecule has 0 bridgehead atoms. The third-order valence-corrected chi connectivity index (χ3v) is 5.21. The van der Waals surface area contributed by atoms with Crippen molar-refractivity contribution in [2.75, 3.05) is 11.9 Å². The Morgan fingerprint density at radius 3 is 2.12 bits per heavy atom. The van der Waals surface area contributed by atoms with Crippen molar-refractivity contribution >= 4 is 34.3 Å². The maximum absolute atomic E-state index is 13.4. The summed E-state index contributed by atoms with van der Waals surface area (Å²) in [4.78, 5) is 0.261. The molecule has 0 spiro atoms. The predicted octanol–water partition coefficient (Wildman–Crippen LogP) is 4.94. The van der Waals surface area contributed by atoms with Crippen LogP contribution in [0.2, 0.25) is 0 Å². The predicted molar refractivity (Wildman–Crippen MR) is 129 cm³/mol. The normalized spacial score (nSPS) is 12.2. The molecule has 3 aromatic rings. The lowest BCUT2D eigenvalue weighted by Gasteiger charge is -2.19. The zero-order valence-corrected chi connectivity index (χ0v) is 19.5. The summed E-state index contributed by atoms with van der Waals surface area (Å²) in [6, 6.07) is 16.7. The van der Waals surface area contributed by atoms with E-state index in [-0.39, 0.29) is 21.9 Å². The standard InChI is InChI=1S/C26H27FN2O2S/c1-5-31-22-12-10-21(11-13-22)28-25(32)23(24(30)18-6-8-20(27)9-7-18)29-16-14-19(15-17-29)26(2,3)4/h6-17H,5H2,1-4H3,(H-,28,30,32). The van der Waals surface area contributed by atoms with Crippen molar-refractivity contribution in [2.45, 2.75) is 33.1 Å². The van der Waals surface area contributed by atoms with Gasteiger partial charge >= 0.3 is 0 Å². The summed E-state index contributed by atoms with van der Waals surface area (Å²) in [6.45, 7) is 8.87. The number of hydrogen-bond acceptors (Lipinski definition) is 3. The highest BCUT2D eigenvalue weighted by Crippen LogP contribution is 2.22. The Bertz CT molecular complexity index is 1100. The summed E-state index contributed by atoms with van der Waals surface area (Å²) in [5.74, 6) is 0.0463. The van der Waals surface area contributed by atoms with E-state index in [4.69, 9.17) is 17.0 Å². The molecule has 0 fully saturated rings. The van der Waals surface area contributed by atoms with Crippen LogP contribution in [0.3, 0.4) is 0 Å². The highest BCUT2D eigenvalue weighted by Gasteiger charge is 2.21. The van der Waals surface area contributed by atoms with Crippen molar-refractivity contribution in [1.29, 1.82) is 0 Å². The molecule has 0 aliphatic carbocycles. The molecule has 1 aromatic heterocycles. The molecular formula is C26H27FN2O2S. The van der Waals surface area contributed by atoms with E-state index in [2.05, 4.69) is 26.1 Å². The van der Waals surface area contributed by atoms with Gasteiger partial charge in [-0.3, -0.25) is 0 Å². The lowest BCUT2D eigenvalue weighted by atomic mass is 9.88. The third-order valence-electron chi connectivity index (χ3n) is 4.91. The minimum absolute atomic E-state index is 0.0265. The highest BCUT2D eigenvalue weighted by atomic mass is 32.1. The number of hydrogen-bond donors (Lipinski definition) is 1. The molecule has 2 aromatic carbocycles. The number of benzene rings is 2. The van der Waals surface area contributed by atoms with Crippen LogP contribution < -0.4 is 19.7 Å². The van der Waals surface area contributed by atoms with Crippen LogP contribution >= 0.6 is 12.2 Å². The van der Waals surface area contributed by atoms with Crippen LogP contribution in [0.25, 0.3) is 11.5 Å². The summed E-state index contributed by atoms with van der Waals surface area (Å²) >= 11 is 5.64. The lowest BCUT2D eigenvalue weighted by molar-refractivity contribution is -0.577. The van der Waals surface area contributed by atoms with Gasteiger partial charge in [-0.05, 0) is 65.6 Å². The van der Waals surface area contributed by atoms with Crippen molar-refractivity contribution in [3.8, 4) is 5.75 Å². The van der Waals surface area contributed by atoms with E-state index in [0.29, 0.717) is 12.2 Å². The number of aromatic nitrogens is 1. The van der Waals surface area contributed by atoms with Gasteiger partial charge < -0.3 is 15.2 Å². The number of rotatable bonds is 6. The minimum atomic E-state index is -0.402. The SMILES string of the molecule is CCOc1ccc(NC(=S)C(=C([O-])c2ccc(F)cc2)[n+]2ccc(C(C)(C)C)cc2)cc1. The second-order valence-corrected chi connectivity index (χ2v) is 8.75. The number of nitrogens with zero attached hydrogens (tertiary/aromatic N) is 1. The topological polar surface area (TPSA) is 48.2 Å². The molecule has 32 heavy (non-hydrogen) atoms. The van der Waals surface area contributed by atoms with Gasteiger partial charge in [0.05, 0.1) is 6.61 Å². The van der Waals surface area contributed by atoms with Crippen LogP contribution in [0.4, 0.5) is 10.1 Å². The molecule has 1 N–H and O–H groups in total. The molecule has 0 aliphatic rings. The Hall–Kier alpha value is -3.25. The molecule has 0 aliphatic heterocycles. The largest absolute Gasteiger partial charge is 0.867 e. The number of anilines is 1. The Morgan fingerprint density at radius 1 is 1.00 bits per heavy atom. The van der Waals surface area contributed by atoms with E-state index in [1.807, 2.05) is 55.7 Å². The van der Waals surface area contributed by atoms with E-state index in [0.717, 1.165) is 17.0 Å². The van der Waals surface area contributed by atoms with Crippen LogP contribution in [0.1, 0.15) is 38.8 Å². The van der Waals surface area contributed by atoms with Gasteiger partial charge in [0.1, 0.15) is 11.6 Å². The van der Waals surface area contributed by atoms with E-state index in [1.165, 1.54) is 24.3 Å². The van der Waals surface area contributed by atoms with Gasteiger partial charge in [-0.2, -0.15) is 4.57 Å². The van der Waals surface area contributed by atoms with Gasteiger partial charge in [0.15, 0.2) is 17.4 Å². The monoisotopic (exact) mass is 450 g/mol. The van der Waals surface area contributed by atoms with Gasteiger partial charge in [0, 0.05) is 17.8 Å². The Kier molecular flexibility index (Phi) is 7.26. The van der Waals surface area contributed by atoms with Crippen molar-refractivity contribution in [3.05, 3.63) is 90.0 Å². The van der Waals surface area contributed by atoms with E-state index in [9.17, 15) is 9.50 Å². The fourth-order valence-corrected chi connectivity index (χ4v) is 3.46. The lowest BCUT2D eigenvalue weighted by Crippen LogP contribution is -2.40. The first-order valence-corrected chi connectivity index (χ1v) is 10.8. The summed E-state index contributed by atoms with van der Waals surface area (Å²) in [6.07, 6.45) is 3.65. The first-order chi connectivity index (χ1) is 15.2. The molecule has 6 heteroatoms. The number of halogens is 1. The van der Waals surface area contributed by atoms with Crippen molar-refractivity contribution in [3.63, 3.8) is 0 Å². The zero-order valence-electron chi connectivity index (χ0n) is 18.7. The summed E-state index contributed by atoms with van der Waals surface area (Å²) in [5.41, 5.74) is 2.47. The van der Waals surface area contributed by atoms with E-state index < -0.39 is 5.82 Å². The Morgan fingerprint density at radius 2 is 1.59 bits per heavy atom. The van der Waals surface area contributed by atoms with E-state index >= 15 is 0 Å². The van der Waals surface area contributed by atoms with Gasteiger partial charge in [0.2, 0.25) is 5.70 Å². The van der Waals surface area contributed by atoms with Crippen molar-refractivity contribution in [1.82, 2.24) is 0 Å². The third kappa shape index (κ3) is 5.71. The second kappa shape index (κ2) is 9.92. The maximum Gasteiger partial charge on any atom is 0.238 e. The zero-order chi connectivity index (χ0) is 23.3. The van der Waals surface area contributed by atoms with Crippen molar-refractivity contribution < 1.29 is 18.8 Å². The van der Waals surface area contributed by atoms with E-state index in [1.54, 1.807) is 4.57 Å². The second-order valence-electron chi connectivity index (χ2n) is 8.34. The molecule has 0 atom stereocenters. The quantitative estimate of drug-likeness (QED) is 0.250. The first kappa shape index (κ1) is 23.4. The molecular weight excluding hydrogens is 423 g/mol. The van der Waals surface area contributed by atoms with Crippen LogP contribution in [-0.2, 0) is 5.41 Å². The van der Waals surface area contributed by atoms with Gasteiger partial charge in [-0.1, -0.05) is 45.1 Å². The smallest absolute Gasteiger partial charge is 0.238 e. The van der Waals surface area contributed by atoms with Crippen LogP contribution in [-0.4, -0.2) is 11.6 Å². The molecule has 0 amide bonds. The molecule has 1 heterocycles. The molecule has 0 saturated carbocycles. The highest BCUT2D eigenvalue weighted by molar-refractivity contribution is 7.81. The Balaban J connectivity index is 2.00. The van der Waals surface area contributed by atoms with Gasteiger partial charge in [0.25, 0.3) is 0 Å². The fourth-order valence-electron chi connectivity index (χ4n) is 3.14. The van der Waals surface area contributed by atoms with Crippen LogP contribution in [0.15, 0.2) is 73.1 Å². The summed E-state index contributed by atoms with van der Waals surface area (Å²) in [5, 5.41) is 16.5. The molecule has 0 saturated heterocycles. The van der Waals surface area contributed by atoms with Gasteiger partial charge in [-0.15, -0.1) is 0 Å². The average Bonchev–Trinajstić information content (AvgIpc) is 2.75. The molecule has 166 valence electrons. The number of nitrogens with one attached hydrogen (secondary N) is 1. The van der Waals surface area contributed by atoms with Crippen molar-refractivity contribution in [2.24, 2.45) is 0 Å². The molecule has 3 rings (SSSR count). The Labute approximate surface area is 194 Å².